The lowest BCUT2D eigenvalue weighted by atomic mass is 9.84. The van der Waals surface area contributed by atoms with Crippen LogP contribution in [-0.4, -0.2) is 43.3 Å². The summed E-state index contributed by atoms with van der Waals surface area (Å²) >= 11 is 0. The third kappa shape index (κ3) is 6.42. The van der Waals surface area contributed by atoms with Crippen molar-refractivity contribution in [1.29, 1.82) is 0 Å². The molecule has 7 heteroatoms. The Balaban J connectivity index is 1.63. The Morgan fingerprint density at radius 3 is 2.53 bits per heavy atom. The summed E-state index contributed by atoms with van der Waals surface area (Å²) in [6.45, 7) is 9.00. The minimum Gasteiger partial charge on any atom is -0.393 e. The van der Waals surface area contributed by atoms with E-state index in [-0.39, 0.29) is 23.2 Å². The number of benzene rings is 2. The van der Waals surface area contributed by atoms with Gasteiger partial charge in [-0.3, -0.25) is 0 Å². The molecule has 0 aliphatic carbocycles. The normalized spacial score (nSPS) is 15.7. The summed E-state index contributed by atoms with van der Waals surface area (Å²) in [5.74, 6) is 0.119. The molecule has 3 N–H and O–H groups in total. The Hall–Kier alpha value is -2.67. The molecule has 174 valence electrons. The van der Waals surface area contributed by atoms with Crippen LogP contribution >= 0.6 is 0 Å². The van der Waals surface area contributed by atoms with Crippen LogP contribution < -0.4 is 15.5 Å². The highest BCUT2D eigenvalue weighted by Crippen LogP contribution is 2.25. The lowest BCUT2D eigenvalue weighted by molar-refractivity contribution is 0.145. The second-order valence-electron chi connectivity index (χ2n) is 8.95. The predicted octanol–water partition coefficient (Wildman–Crippen LogP) is 3.96. The number of aliphatic hydroxyl groups excluding tert-OH is 1. The molecule has 5 nitrogen and oxygen atoms in total. The third-order valence-electron chi connectivity index (χ3n) is 5.89. The molecular weight excluding hydrogens is 410 g/mol. The molecular formula is C25H34F2N4O. The third-order valence-corrected chi connectivity index (χ3v) is 5.89. The number of anilines is 1. The molecule has 0 radical (unpaired) electrons. The first-order valence-corrected chi connectivity index (χ1v) is 11.3. The van der Waals surface area contributed by atoms with Gasteiger partial charge in [-0.1, -0.05) is 32.0 Å². The van der Waals surface area contributed by atoms with Crippen LogP contribution in [0.3, 0.4) is 0 Å². The van der Waals surface area contributed by atoms with Crippen molar-refractivity contribution in [3.8, 4) is 0 Å². The molecule has 2 aromatic carbocycles. The Morgan fingerprint density at radius 1 is 1.12 bits per heavy atom. The topological polar surface area (TPSA) is 59.9 Å². The van der Waals surface area contributed by atoms with Crippen molar-refractivity contribution in [3.05, 3.63) is 65.2 Å². The van der Waals surface area contributed by atoms with E-state index in [1.54, 1.807) is 18.2 Å². The van der Waals surface area contributed by atoms with Gasteiger partial charge >= 0.3 is 0 Å². The summed E-state index contributed by atoms with van der Waals surface area (Å²) in [6.07, 6.45) is 1.04. The number of rotatable bonds is 7. The van der Waals surface area contributed by atoms with Crippen molar-refractivity contribution < 1.29 is 13.9 Å². The average molecular weight is 445 g/mol. The van der Waals surface area contributed by atoms with Crippen molar-refractivity contribution in [3.63, 3.8) is 0 Å². The van der Waals surface area contributed by atoms with E-state index < -0.39 is 0 Å². The highest BCUT2D eigenvalue weighted by molar-refractivity contribution is 5.79. The molecule has 0 saturated carbocycles. The second-order valence-corrected chi connectivity index (χ2v) is 8.95. The van der Waals surface area contributed by atoms with Gasteiger partial charge in [0.15, 0.2) is 5.96 Å². The first kappa shape index (κ1) is 24.0. The zero-order valence-corrected chi connectivity index (χ0v) is 19.2. The van der Waals surface area contributed by atoms with Crippen molar-refractivity contribution in [2.45, 2.75) is 51.7 Å². The van der Waals surface area contributed by atoms with E-state index in [0.29, 0.717) is 57.2 Å². The summed E-state index contributed by atoms with van der Waals surface area (Å²) in [7, 11) is 0. The molecule has 0 spiro atoms. The lowest BCUT2D eigenvalue weighted by Gasteiger charge is -2.31. The van der Waals surface area contributed by atoms with Gasteiger partial charge in [0, 0.05) is 31.6 Å². The summed E-state index contributed by atoms with van der Waals surface area (Å²) < 4.78 is 28.3. The van der Waals surface area contributed by atoms with E-state index in [9.17, 15) is 13.9 Å². The smallest absolute Gasteiger partial charge is 0.191 e. The maximum absolute atomic E-state index is 14.7. The number of nitrogens with one attached hydrogen (secondary N) is 2. The SMILES string of the molecule is CCNC(=NCc1ccc(N2CCC(O)CC2)c(F)c1)NCC(C)(C)c1cccc(F)c1. The van der Waals surface area contributed by atoms with Crippen LogP contribution in [0.1, 0.15) is 44.7 Å². The maximum atomic E-state index is 14.7. The van der Waals surface area contributed by atoms with Crippen molar-refractivity contribution in [2.24, 2.45) is 4.99 Å². The molecule has 32 heavy (non-hydrogen) atoms. The van der Waals surface area contributed by atoms with Gasteiger partial charge in [0.25, 0.3) is 0 Å². The molecule has 0 atom stereocenters. The molecule has 0 bridgehead atoms. The van der Waals surface area contributed by atoms with E-state index in [2.05, 4.69) is 15.6 Å². The Bertz CT molecular complexity index is 924. The van der Waals surface area contributed by atoms with Gasteiger partial charge in [0.05, 0.1) is 18.3 Å². The van der Waals surface area contributed by atoms with Crippen LogP contribution in [-0.2, 0) is 12.0 Å². The zero-order valence-electron chi connectivity index (χ0n) is 19.2. The first-order chi connectivity index (χ1) is 15.3. The molecule has 1 fully saturated rings. The average Bonchev–Trinajstić information content (AvgIpc) is 2.76. The van der Waals surface area contributed by atoms with Gasteiger partial charge in [-0.05, 0) is 55.2 Å². The van der Waals surface area contributed by atoms with Crippen LogP contribution in [0, 0.1) is 11.6 Å². The number of piperidine rings is 1. The number of aliphatic hydroxyl groups is 1. The van der Waals surface area contributed by atoms with Gasteiger partial charge in [0.1, 0.15) is 11.6 Å². The van der Waals surface area contributed by atoms with E-state index in [1.165, 1.54) is 12.1 Å². The molecule has 1 heterocycles. The molecule has 2 aromatic rings. The lowest BCUT2D eigenvalue weighted by Crippen LogP contribution is -2.43. The van der Waals surface area contributed by atoms with E-state index in [1.807, 2.05) is 37.8 Å². The van der Waals surface area contributed by atoms with E-state index >= 15 is 0 Å². The summed E-state index contributed by atoms with van der Waals surface area (Å²) in [5.41, 5.74) is 1.97. The summed E-state index contributed by atoms with van der Waals surface area (Å²) in [6, 6.07) is 11.9. The zero-order chi connectivity index (χ0) is 23.1. The van der Waals surface area contributed by atoms with Crippen molar-refractivity contribution in [2.75, 3.05) is 31.1 Å². The number of halogens is 2. The number of guanidine groups is 1. The fraction of sp³-hybridized carbons (Fsp3) is 0.480. The van der Waals surface area contributed by atoms with Crippen molar-refractivity contribution in [1.82, 2.24) is 10.6 Å². The molecule has 3 rings (SSSR count). The van der Waals surface area contributed by atoms with Crippen molar-refractivity contribution >= 4 is 11.6 Å². The van der Waals surface area contributed by atoms with Crippen LogP contribution in [0.15, 0.2) is 47.5 Å². The van der Waals surface area contributed by atoms with Crippen LogP contribution in [0.4, 0.5) is 14.5 Å². The quantitative estimate of drug-likeness (QED) is 0.447. The van der Waals surface area contributed by atoms with Gasteiger partial charge in [-0.2, -0.15) is 0 Å². The van der Waals surface area contributed by atoms with Crippen LogP contribution in [0.25, 0.3) is 0 Å². The fourth-order valence-electron chi connectivity index (χ4n) is 3.84. The molecule has 1 saturated heterocycles. The Labute approximate surface area is 189 Å². The number of hydrogen-bond acceptors (Lipinski definition) is 3. The monoisotopic (exact) mass is 444 g/mol. The summed E-state index contributed by atoms with van der Waals surface area (Å²) in [5, 5.41) is 16.2. The summed E-state index contributed by atoms with van der Waals surface area (Å²) in [4.78, 5) is 6.58. The number of hydrogen-bond donors (Lipinski definition) is 3. The molecule has 1 aliphatic rings. The number of aliphatic imine (C=N–C) groups is 1. The highest BCUT2D eigenvalue weighted by atomic mass is 19.1. The largest absolute Gasteiger partial charge is 0.393 e. The van der Waals surface area contributed by atoms with Gasteiger partial charge in [-0.15, -0.1) is 0 Å². The van der Waals surface area contributed by atoms with E-state index in [4.69, 9.17) is 0 Å². The van der Waals surface area contributed by atoms with Crippen LogP contribution in [0.2, 0.25) is 0 Å². The van der Waals surface area contributed by atoms with Gasteiger partial charge in [0.2, 0.25) is 0 Å². The fourth-order valence-corrected chi connectivity index (χ4v) is 3.84. The van der Waals surface area contributed by atoms with E-state index in [0.717, 1.165) is 11.1 Å². The van der Waals surface area contributed by atoms with Gasteiger partial charge < -0.3 is 20.6 Å². The predicted molar refractivity (Wildman–Crippen MR) is 126 cm³/mol. The standard InChI is InChI=1S/C25H34F2N4O/c1-4-28-24(30-17-25(2,3)19-6-5-7-20(26)15-19)29-16-18-8-9-23(22(27)14-18)31-12-10-21(32)11-13-31/h5-9,14-15,21,32H,4,10-13,16-17H2,1-3H3,(H2,28,29,30). The highest BCUT2D eigenvalue weighted by Gasteiger charge is 2.22. The minimum absolute atomic E-state index is 0.248. The Kier molecular flexibility index (Phi) is 8.07. The molecule has 0 aromatic heterocycles. The van der Waals surface area contributed by atoms with Crippen LogP contribution in [0.5, 0.6) is 0 Å². The van der Waals surface area contributed by atoms with Gasteiger partial charge in [-0.25, -0.2) is 13.8 Å². The second kappa shape index (κ2) is 10.8. The first-order valence-electron chi connectivity index (χ1n) is 11.3. The minimum atomic E-state index is -0.298. The molecule has 0 amide bonds. The maximum Gasteiger partial charge on any atom is 0.191 e. The Morgan fingerprint density at radius 2 is 1.88 bits per heavy atom. The molecule has 1 aliphatic heterocycles. The molecule has 0 unspecified atom stereocenters. The number of nitrogens with zero attached hydrogens (tertiary/aromatic N) is 2.